The van der Waals surface area contributed by atoms with Crippen LogP contribution in [-0.2, 0) is 20.7 Å². The van der Waals surface area contributed by atoms with Gasteiger partial charge in [0.25, 0.3) is 0 Å². The van der Waals surface area contributed by atoms with Gasteiger partial charge < -0.3 is 14.6 Å². The Morgan fingerprint density at radius 2 is 1.84 bits per heavy atom. The van der Waals surface area contributed by atoms with E-state index in [1.54, 1.807) is 24.3 Å². The van der Waals surface area contributed by atoms with E-state index >= 15 is 0 Å². The van der Waals surface area contributed by atoms with E-state index in [1.165, 1.54) is 7.11 Å². The summed E-state index contributed by atoms with van der Waals surface area (Å²) in [4.78, 5) is 23.7. The highest BCUT2D eigenvalue weighted by Gasteiger charge is 2.44. The van der Waals surface area contributed by atoms with Gasteiger partial charge in [0.15, 0.2) is 0 Å². The lowest BCUT2D eigenvalue weighted by molar-refractivity contribution is -0.144. The molecule has 0 bridgehead atoms. The molecular weight excluding hydrogens is 404 g/mol. The van der Waals surface area contributed by atoms with Crippen molar-refractivity contribution >= 4 is 18.0 Å². The molecule has 1 unspecified atom stereocenters. The molecule has 1 atom stereocenters. The number of para-hydroxylation sites is 1. The summed E-state index contributed by atoms with van der Waals surface area (Å²) < 4.78 is 9.94. The van der Waals surface area contributed by atoms with Crippen LogP contribution in [0.25, 0.3) is 6.08 Å². The fourth-order valence-electron chi connectivity index (χ4n) is 4.03. The van der Waals surface area contributed by atoms with Gasteiger partial charge in [-0.3, -0.25) is 4.79 Å². The van der Waals surface area contributed by atoms with Crippen molar-refractivity contribution in [3.05, 3.63) is 71.3 Å². The molecule has 2 aromatic rings. The lowest BCUT2D eigenvalue weighted by atomic mass is 9.87. The van der Waals surface area contributed by atoms with Crippen LogP contribution < -0.4 is 0 Å². The van der Waals surface area contributed by atoms with Crippen molar-refractivity contribution in [3.8, 4) is 5.75 Å². The van der Waals surface area contributed by atoms with Crippen LogP contribution in [-0.4, -0.2) is 30.8 Å². The molecule has 0 saturated heterocycles. The maximum absolute atomic E-state index is 12.0. The number of esters is 2. The van der Waals surface area contributed by atoms with Crippen LogP contribution in [0.2, 0.25) is 0 Å². The van der Waals surface area contributed by atoms with Gasteiger partial charge in [-0.25, -0.2) is 4.79 Å². The molecule has 0 amide bonds. The second-order valence-corrected chi connectivity index (χ2v) is 8.59. The van der Waals surface area contributed by atoms with Crippen molar-refractivity contribution in [3.63, 3.8) is 0 Å². The van der Waals surface area contributed by atoms with E-state index in [0.29, 0.717) is 18.6 Å². The van der Waals surface area contributed by atoms with Crippen molar-refractivity contribution in [2.45, 2.75) is 45.4 Å². The molecule has 1 saturated carbocycles. The predicted octanol–water partition coefficient (Wildman–Crippen LogP) is 5.56. The monoisotopic (exact) mass is 436 g/mol. The first-order chi connectivity index (χ1) is 15.4. The van der Waals surface area contributed by atoms with E-state index in [1.807, 2.05) is 37.3 Å². The molecule has 0 aromatic heterocycles. The first-order valence-corrected chi connectivity index (χ1v) is 11.2. The Hall–Kier alpha value is -3.08. The number of carbonyl (C=O) groups is 2. The molecule has 1 aliphatic rings. The predicted molar refractivity (Wildman–Crippen MR) is 124 cm³/mol. The van der Waals surface area contributed by atoms with Gasteiger partial charge in [0.1, 0.15) is 5.75 Å². The number of methoxy groups -OCH3 is 1. The summed E-state index contributed by atoms with van der Waals surface area (Å²) in [6.45, 7) is 2.26. The lowest BCUT2D eigenvalue weighted by Gasteiger charge is -2.19. The summed E-state index contributed by atoms with van der Waals surface area (Å²) in [5, 5.41) is 10.1. The van der Waals surface area contributed by atoms with Crippen molar-refractivity contribution < 1.29 is 24.2 Å². The third-order valence-electron chi connectivity index (χ3n) is 6.18. The average Bonchev–Trinajstić information content (AvgIpc) is 3.56. The van der Waals surface area contributed by atoms with E-state index in [0.717, 1.165) is 43.2 Å². The van der Waals surface area contributed by atoms with E-state index in [-0.39, 0.29) is 29.0 Å². The van der Waals surface area contributed by atoms with E-state index in [9.17, 15) is 14.7 Å². The van der Waals surface area contributed by atoms with Gasteiger partial charge in [0.2, 0.25) is 0 Å². The van der Waals surface area contributed by atoms with Gasteiger partial charge in [-0.15, -0.1) is 0 Å². The molecule has 5 heteroatoms. The molecule has 5 nitrogen and oxygen atoms in total. The highest BCUT2D eigenvalue weighted by molar-refractivity contribution is 5.89. The average molecular weight is 437 g/mol. The van der Waals surface area contributed by atoms with Crippen LogP contribution in [0.3, 0.4) is 0 Å². The molecule has 1 fully saturated rings. The van der Waals surface area contributed by atoms with Crippen LogP contribution in [0.5, 0.6) is 5.75 Å². The quantitative estimate of drug-likeness (QED) is 0.467. The Bertz CT molecular complexity index is 941. The van der Waals surface area contributed by atoms with Crippen LogP contribution in [0.4, 0.5) is 0 Å². The number of phenols is 1. The second kappa shape index (κ2) is 11.0. The summed E-state index contributed by atoms with van der Waals surface area (Å²) >= 11 is 0. The molecule has 1 N–H and O–H groups in total. The number of benzene rings is 2. The first-order valence-electron chi connectivity index (χ1n) is 11.2. The minimum atomic E-state index is -0.345. The summed E-state index contributed by atoms with van der Waals surface area (Å²) in [6, 6.07) is 14.8. The molecule has 0 spiro atoms. The number of aromatic hydroxyl groups is 1. The summed E-state index contributed by atoms with van der Waals surface area (Å²) in [6.07, 6.45) is 9.43. The normalized spacial score (nSPS) is 15.3. The summed E-state index contributed by atoms with van der Waals surface area (Å²) in [5.41, 5.74) is 2.51. The zero-order chi connectivity index (χ0) is 23.0. The molecule has 3 rings (SSSR count). The van der Waals surface area contributed by atoms with Crippen LogP contribution in [0.1, 0.15) is 60.5 Å². The molecule has 2 aromatic carbocycles. The van der Waals surface area contributed by atoms with E-state index in [2.05, 4.69) is 6.08 Å². The smallest absolute Gasteiger partial charge is 0.337 e. The zero-order valence-corrected chi connectivity index (χ0v) is 18.9. The van der Waals surface area contributed by atoms with Gasteiger partial charge in [-0.05, 0) is 74.1 Å². The van der Waals surface area contributed by atoms with Gasteiger partial charge >= 0.3 is 11.9 Å². The van der Waals surface area contributed by atoms with Gasteiger partial charge in [-0.2, -0.15) is 0 Å². The number of allylic oxidation sites excluding steroid dienone is 1. The SMILES string of the molecule is CCOC(=O)CC1(CCC(C=Cc2ccccc2O)Cc2ccc(C(=O)OC)cc2)CC1. The van der Waals surface area contributed by atoms with Crippen molar-refractivity contribution in [1.29, 1.82) is 0 Å². The largest absolute Gasteiger partial charge is 0.507 e. The van der Waals surface area contributed by atoms with E-state index in [4.69, 9.17) is 9.47 Å². The topological polar surface area (TPSA) is 72.8 Å². The third-order valence-corrected chi connectivity index (χ3v) is 6.18. The molecule has 0 aliphatic heterocycles. The van der Waals surface area contributed by atoms with Crippen LogP contribution in [0.15, 0.2) is 54.6 Å². The molecule has 32 heavy (non-hydrogen) atoms. The Morgan fingerprint density at radius 3 is 2.47 bits per heavy atom. The van der Waals surface area contributed by atoms with Crippen LogP contribution >= 0.6 is 0 Å². The maximum atomic E-state index is 12.0. The second-order valence-electron chi connectivity index (χ2n) is 8.59. The van der Waals surface area contributed by atoms with Crippen molar-refractivity contribution in [2.75, 3.05) is 13.7 Å². The molecule has 1 aliphatic carbocycles. The fourth-order valence-corrected chi connectivity index (χ4v) is 4.03. The number of hydrogen-bond acceptors (Lipinski definition) is 5. The lowest BCUT2D eigenvalue weighted by Crippen LogP contribution is -2.14. The number of carbonyl (C=O) groups excluding carboxylic acids is 2. The summed E-state index contributed by atoms with van der Waals surface area (Å²) in [5.74, 6) is 0.0380. The zero-order valence-electron chi connectivity index (χ0n) is 18.9. The first kappa shape index (κ1) is 23.6. The standard InChI is InChI=1S/C27H32O5/c1-3-32-25(29)19-27(16-17-27)15-14-21(8-11-22-6-4-5-7-24(22)28)18-20-9-12-23(13-10-20)26(30)31-2/h4-13,21,28H,3,14-19H2,1-2H3. The fraction of sp³-hybridized carbons (Fsp3) is 0.407. The minimum absolute atomic E-state index is 0.0714. The molecule has 0 radical (unpaired) electrons. The molecule has 170 valence electrons. The maximum Gasteiger partial charge on any atom is 0.337 e. The van der Waals surface area contributed by atoms with Crippen molar-refractivity contribution in [2.24, 2.45) is 11.3 Å². The van der Waals surface area contributed by atoms with Gasteiger partial charge in [0.05, 0.1) is 25.7 Å². The number of ether oxygens (including phenoxy) is 2. The minimum Gasteiger partial charge on any atom is -0.507 e. The van der Waals surface area contributed by atoms with E-state index < -0.39 is 0 Å². The number of hydrogen-bond donors (Lipinski definition) is 1. The Kier molecular flexibility index (Phi) is 8.09. The Balaban J connectivity index is 1.70. The number of phenolic OH excluding ortho intramolecular Hbond substituents is 1. The molecule has 0 heterocycles. The van der Waals surface area contributed by atoms with Crippen molar-refractivity contribution in [1.82, 2.24) is 0 Å². The third kappa shape index (κ3) is 6.71. The highest BCUT2D eigenvalue weighted by atomic mass is 16.5. The Labute approximate surface area is 190 Å². The Morgan fingerprint density at radius 1 is 1.12 bits per heavy atom. The molecular formula is C27H32O5. The summed E-state index contributed by atoms with van der Waals surface area (Å²) in [7, 11) is 1.38. The van der Waals surface area contributed by atoms with Gasteiger partial charge in [0, 0.05) is 5.56 Å². The van der Waals surface area contributed by atoms with Crippen LogP contribution in [0, 0.1) is 11.3 Å². The van der Waals surface area contributed by atoms with Gasteiger partial charge in [-0.1, -0.05) is 42.5 Å². The number of rotatable bonds is 11. The highest BCUT2D eigenvalue weighted by Crippen LogP contribution is 2.53.